The number of aromatic nitrogens is 1. The molecule has 3 rings (SSSR count). The minimum absolute atomic E-state index is 0.138. The summed E-state index contributed by atoms with van der Waals surface area (Å²) in [4.78, 5) is 26.6. The molecule has 2 heterocycles. The minimum Gasteiger partial charge on any atom is -0.345 e. The standard InChI is InChI=1S/C17H13F3N2O4S/c18-17(19,20)13-8-12(15(23)21-11-6-7-27(25,26)9-11)16(24)22-14(13)10-4-2-1-3-5-10/h1-8,11H,9H2,(H,21,23)(H,22,24)/t11-/m1/s1. The molecular weight excluding hydrogens is 385 g/mol. The lowest BCUT2D eigenvalue weighted by Gasteiger charge is -2.15. The zero-order chi connectivity index (χ0) is 19.8. The monoisotopic (exact) mass is 398 g/mol. The van der Waals surface area contributed by atoms with Crippen LogP contribution in [0.1, 0.15) is 15.9 Å². The van der Waals surface area contributed by atoms with Crippen LogP contribution in [-0.4, -0.2) is 31.1 Å². The number of rotatable bonds is 3. The van der Waals surface area contributed by atoms with Gasteiger partial charge in [-0.3, -0.25) is 9.59 Å². The van der Waals surface area contributed by atoms with Gasteiger partial charge in [-0.05, 0) is 17.7 Å². The van der Waals surface area contributed by atoms with Crippen LogP contribution in [0.5, 0.6) is 0 Å². The van der Waals surface area contributed by atoms with Gasteiger partial charge in [-0.25, -0.2) is 8.42 Å². The number of sulfone groups is 1. The van der Waals surface area contributed by atoms with E-state index in [-0.39, 0.29) is 5.56 Å². The molecule has 6 nitrogen and oxygen atoms in total. The maximum Gasteiger partial charge on any atom is 0.418 e. The van der Waals surface area contributed by atoms with Crippen LogP contribution in [0.25, 0.3) is 11.3 Å². The molecule has 27 heavy (non-hydrogen) atoms. The minimum atomic E-state index is -4.82. The van der Waals surface area contributed by atoms with Crippen molar-refractivity contribution in [2.24, 2.45) is 0 Å². The first-order chi connectivity index (χ1) is 12.6. The van der Waals surface area contributed by atoms with Crippen molar-refractivity contribution in [1.82, 2.24) is 10.3 Å². The van der Waals surface area contributed by atoms with Gasteiger partial charge in [0.1, 0.15) is 5.56 Å². The van der Waals surface area contributed by atoms with Crippen molar-refractivity contribution >= 4 is 15.7 Å². The van der Waals surface area contributed by atoms with Gasteiger partial charge in [0.15, 0.2) is 9.84 Å². The van der Waals surface area contributed by atoms with E-state index >= 15 is 0 Å². The lowest BCUT2D eigenvalue weighted by Crippen LogP contribution is -2.38. The van der Waals surface area contributed by atoms with Crippen LogP contribution in [0, 0.1) is 0 Å². The second-order valence-electron chi connectivity index (χ2n) is 5.90. The van der Waals surface area contributed by atoms with Gasteiger partial charge in [-0.2, -0.15) is 13.2 Å². The van der Waals surface area contributed by atoms with Crippen molar-refractivity contribution in [3.05, 3.63) is 69.4 Å². The van der Waals surface area contributed by atoms with Crippen LogP contribution in [0.15, 0.2) is 52.7 Å². The molecule has 2 N–H and O–H groups in total. The average molecular weight is 398 g/mol. The predicted octanol–water partition coefficient (Wildman–Crippen LogP) is 2.10. The van der Waals surface area contributed by atoms with E-state index in [1.54, 1.807) is 6.07 Å². The number of hydrogen-bond donors (Lipinski definition) is 2. The van der Waals surface area contributed by atoms with E-state index in [0.717, 1.165) is 5.41 Å². The molecule has 0 fully saturated rings. The average Bonchev–Trinajstić information content (AvgIpc) is 2.92. The summed E-state index contributed by atoms with van der Waals surface area (Å²) in [5.74, 6) is -1.50. The van der Waals surface area contributed by atoms with Gasteiger partial charge in [0.2, 0.25) is 0 Å². The van der Waals surface area contributed by atoms with E-state index in [2.05, 4.69) is 10.3 Å². The fourth-order valence-electron chi connectivity index (χ4n) is 2.67. The Balaban J connectivity index is 2.01. The van der Waals surface area contributed by atoms with E-state index in [1.165, 1.54) is 30.3 Å². The molecule has 0 spiro atoms. The molecule has 1 atom stereocenters. The molecule has 0 bridgehead atoms. The molecule has 1 aromatic carbocycles. The molecule has 0 unspecified atom stereocenters. The number of alkyl halides is 3. The van der Waals surface area contributed by atoms with E-state index < -0.39 is 56.1 Å². The summed E-state index contributed by atoms with van der Waals surface area (Å²) in [6, 6.07) is 7.00. The third kappa shape index (κ3) is 4.11. The second-order valence-corrected chi connectivity index (χ2v) is 7.83. The normalized spacial score (nSPS) is 18.4. The first-order valence-corrected chi connectivity index (χ1v) is 9.40. The van der Waals surface area contributed by atoms with Crippen LogP contribution in [0.3, 0.4) is 0 Å². The van der Waals surface area contributed by atoms with E-state index in [9.17, 15) is 31.2 Å². The topological polar surface area (TPSA) is 96.1 Å². The van der Waals surface area contributed by atoms with Crippen LogP contribution in [0.2, 0.25) is 0 Å². The molecule has 10 heteroatoms. The highest BCUT2D eigenvalue weighted by Crippen LogP contribution is 2.35. The molecule has 0 radical (unpaired) electrons. The van der Waals surface area contributed by atoms with Crippen molar-refractivity contribution in [3.63, 3.8) is 0 Å². The molecule has 1 amide bonds. The summed E-state index contributed by atoms with van der Waals surface area (Å²) < 4.78 is 63.1. The highest BCUT2D eigenvalue weighted by Gasteiger charge is 2.36. The molecule has 0 aliphatic carbocycles. The molecule has 142 valence electrons. The first kappa shape index (κ1) is 18.9. The second kappa shape index (κ2) is 6.69. The maximum absolute atomic E-state index is 13.5. The van der Waals surface area contributed by atoms with Crippen LogP contribution >= 0.6 is 0 Å². The van der Waals surface area contributed by atoms with Gasteiger partial charge >= 0.3 is 6.18 Å². The summed E-state index contributed by atoms with van der Waals surface area (Å²) in [5, 5.41) is 3.14. The Hall–Kier alpha value is -2.88. The Morgan fingerprint density at radius 3 is 2.41 bits per heavy atom. The third-order valence-electron chi connectivity index (χ3n) is 3.90. The van der Waals surface area contributed by atoms with Gasteiger partial charge in [0.25, 0.3) is 11.5 Å². The predicted molar refractivity (Wildman–Crippen MR) is 91.7 cm³/mol. The Kier molecular flexibility index (Phi) is 4.68. The lowest BCUT2D eigenvalue weighted by atomic mass is 10.0. The van der Waals surface area contributed by atoms with Crippen molar-refractivity contribution in [2.45, 2.75) is 12.2 Å². The number of aromatic amines is 1. The number of amides is 1. The van der Waals surface area contributed by atoms with Crippen molar-refractivity contribution in [3.8, 4) is 11.3 Å². The van der Waals surface area contributed by atoms with Crippen LogP contribution in [0.4, 0.5) is 13.2 Å². The third-order valence-corrected chi connectivity index (χ3v) is 5.30. The summed E-state index contributed by atoms with van der Waals surface area (Å²) in [7, 11) is -3.47. The smallest absolute Gasteiger partial charge is 0.345 e. The Morgan fingerprint density at radius 1 is 1.19 bits per heavy atom. The number of hydrogen-bond acceptors (Lipinski definition) is 4. The largest absolute Gasteiger partial charge is 0.418 e. The zero-order valence-corrected chi connectivity index (χ0v) is 14.4. The number of benzene rings is 1. The quantitative estimate of drug-likeness (QED) is 0.828. The molecule has 2 aromatic rings. The Bertz CT molecular complexity index is 1070. The maximum atomic E-state index is 13.5. The molecule has 1 aliphatic heterocycles. The Labute approximate surface area is 151 Å². The lowest BCUT2D eigenvalue weighted by molar-refractivity contribution is -0.137. The number of halogens is 3. The molecule has 1 aliphatic rings. The van der Waals surface area contributed by atoms with Gasteiger partial charge in [-0.15, -0.1) is 0 Å². The van der Waals surface area contributed by atoms with Gasteiger partial charge in [0.05, 0.1) is 23.1 Å². The molecule has 0 saturated carbocycles. The summed E-state index contributed by atoms with van der Waals surface area (Å²) in [6.07, 6.45) is -3.62. The SMILES string of the molecule is O=C(N[C@@H]1C=CS(=O)(=O)C1)c1cc(C(F)(F)F)c(-c2ccccc2)[nH]c1=O. The first-order valence-electron chi connectivity index (χ1n) is 7.68. The fourth-order valence-corrected chi connectivity index (χ4v) is 3.90. The van der Waals surface area contributed by atoms with Crippen molar-refractivity contribution < 1.29 is 26.4 Å². The molecule has 1 aromatic heterocycles. The fraction of sp³-hybridized carbons (Fsp3) is 0.176. The number of carbonyl (C=O) groups is 1. The van der Waals surface area contributed by atoms with Crippen LogP contribution < -0.4 is 10.9 Å². The molecule has 0 saturated heterocycles. The van der Waals surface area contributed by atoms with Crippen LogP contribution in [-0.2, 0) is 16.0 Å². The van der Waals surface area contributed by atoms with Gasteiger partial charge < -0.3 is 10.3 Å². The summed E-state index contributed by atoms with van der Waals surface area (Å²) in [6.45, 7) is 0. The van der Waals surface area contributed by atoms with Gasteiger partial charge in [0, 0.05) is 5.41 Å². The van der Waals surface area contributed by atoms with Crippen molar-refractivity contribution in [1.29, 1.82) is 0 Å². The number of pyridine rings is 1. The highest BCUT2D eigenvalue weighted by molar-refractivity contribution is 7.94. The highest BCUT2D eigenvalue weighted by atomic mass is 32.2. The van der Waals surface area contributed by atoms with Gasteiger partial charge in [-0.1, -0.05) is 30.3 Å². The Morgan fingerprint density at radius 2 is 1.85 bits per heavy atom. The number of nitrogens with one attached hydrogen (secondary N) is 2. The van der Waals surface area contributed by atoms with Crippen molar-refractivity contribution in [2.75, 3.05) is 5.75 Å². The summed E-state index contributed by atoms with van der Waals surface area (Å²) in [5.41, 5.74) is -3.25. The summed E-state index contributed by atoms with van der Waals surface area (Å²) >= 11 is 0. The number of H-pyrrole nitrogens is 1. The number of carbonyl (C=O) groups excluding carboxylic acids is 1. The zero-order valence-electron chi connectivity index (χ0n) is 13.6. The van der Waals surface area contributed by atoms with E-state index in [1.807, 2.05) is 0 Å². The van der Waals surface area contributed by atoms with E-state index in [0.29, 0.717) is 6.07 Å². The molecular formula is C17H13F3N2O4S. The van der Waals surface area contributed by atoms with E-state index in [4.69, 9.17) is 0 Å².